The van der Waals surface area contributed by atoms with E-state index in [1.54, 1.807) is 37.8 Å². The summed E-state index contributed by atoms with van der Waals surface area (Å²) in [6.45, 7) is 5.48. The highest BCUT2D eigenvalue weighted by Gasteiger charge is 2.54. The van der Waals surface area contributed by atoms with Crippen molar-refractivity contribution in [1.82, 2.24) is 60.0 Å². The van der Waals surface area contributed by atoms with Gasteiger partial charge in [-0.15, -0.1) is 0 Å². The zero-order valence-electron chi connectivity index (χ0n) is 64.4. The van der Waals surface area contributed by atoms with Gasteiger partial charge in [0.1, 0.15) is 71.1 Å². The fourth-order valence-electron chi connectivity index (χ4n) is 15.9. The molecule has 5 fully saturated rings. The number of nitrogens with zero attached hydrogens (tertiary/aromatic N) is 9. The third-order valence-corrected chi connectivity index (χ3v) is 22.8. The molecule has 10 atom stereocenters. The van der Waals surface area contributed by atoms with E-state index >= 15 is 42.3 Å². The van der Waals surface area contributed by atoms with Crippen molar-refractivity contribution in [3.8, 4) is 0 Å². The van der Waals surface area contributed by atoms with Gasteiger partial charge in [-0.2, -0.15) is 26.3 Å². The first-order valence-electron chi connectivity index (χ1n) is 38.2. The number of alkyl halides is 6. The van der Waals surface area contributed by atoms with Crippen molar-refractivity contribution in [1.29, 1.82) is 0 Å². The van der Waals surface area contributed by atoms with Crippen molar-refractivity contribution in [2.45, 2.75) is 228 Å². The normalized spacial score (nSPS) is 26.5. The topological polar surface area (TPSA) is 279 Å². The van der Waals surface area contributed by atoms with E-state index < -0.39 is 222 Å². The lowest BCUT2D eigenvalue weighted by Gasteiger charge is -2.46. The Balaban J connectivity index is 1.23. The minimum absolute atomic E-state index is 0.0438. The summed E-state index contributed by atoms with van der Waals surface area (Å²) >= 11 is 0. The maximum absolute atomic E-state index is 15.7. The Bertz CT molecular complexity index is 3690. The van der Waals surface area contributed by atoms with E-state index in [9.17, 15) is 50.3 Å². The molecule has 0 unspecified atom stereocenters. The predicted molar refractivity (Wildman–Crippen MR) is 386 cm³/mol. The van der Waals surface area contributed by atoms with Crippen LogP contribution in [0.25, 0.3) is 0 Å². The number of carbonyl (C=O) groups excluding carboxylic acids is 12. The van der Waals surface area contributed by atoms with E-state index in [-0.39, 0.29) is 63.8 Å². The molecule has 3 saturated heterocycles. The molecule has 608 valence electrons. The fourth-order valence-corrected chi connectivity index (χ4v) is 15.9. The lowest BCUT2D eigenvalue weighted by Crippen LogP contribution is -2.68. The molecule has 2 bridgehead atoms. The van der Waals surface area contributed by atoms with Crippen LogP contribution in [0.15, 0.2) is 48.6 Å². The Labute approximate surface area is 636 Å². The summed E-state index contributed by atoms with van der Waals surface area (Å²) in [7, 11) is 7.95. The van der Waals surface area contributed by atoms with Crippen molar-refractivity contribution in [2.24, 2.45) is 11.8 Å². The molecule has 8 rings (SSSR count). The van der Waals surface area contributed by atoms with E-state index in [0.717, 1.165) is 55.8 Å². The molecule has 3 N–H and O–H groups in total. The number of hydrogen-bond donors (Lipinski definition) is 3. The third-order valence-electron chi connectivity index (χ3n) is 22.8. The van der Waals surface area contributed by atoms with Crippen molar-refractivity contribution < 1.29 is 97.4 Å². The Morgan fingerprint density at radius 3 is 1.85 bits per heavy atom. The number of benzene rings is 2. The largest absolute Gasteiger partial charge is 0.422 e. The minimum Gasteiger partial charge on any atom is -0.377 e. The summed E-state index contributed by atoms with van der Waals surface area (Å²) in [5, 5.41) is 8.33. The second kappa shape index (κ2) is 37.5. The van der Waals surface area contributed by atoms with E-state index in [1.165, 1.54) is 49.9 Å². The van der Waals surface area contributed by atoms with Crippen LogP contribution in [0.5, 0.6) is 0 Å². The Morgan fingerprint density at radius 2 is 1.27 bits per heavy atom. The summed E-state index contributed by atoms with van der Waals surface area (Å²) in [5.41, 5.74) is -5.23. The maximum atomic E-state index is 15.7. The number of aryl methyl sites for hydroxylation is 1. The molecule has 1 spiro atoms. The number of fused-ring (bicyclic) bond motifs is 3. The van der Waals surface area contributed by atoms with E-state index in [2.05, 4.69) is 16.0 Å². The number of ether oxygens (including phenoxy) is 1. The van der Waals surface area contributed by atoms with Gasteiger partial charge in [0.2, 0.25) is 70.9 Å². The molecule has 2 saturated carbocycles. The van der Waals surface area contributed by atoms with Crippen molar-refractivity contribution in [3.63, 3.8) is 0 Å². The highest BCUT2D eigenvalue weighted by atomic mass is 19.4. The summed E-state index contributed by atoms with van der Waals surface area (Å²) in [5.74, 6) is -14.8. The smallest absolute Gasteiger partial charge is 0.377 e. The molecule has 6 aliphatic rings. The zero-order valence-corrected chi connectivity index (χ0v) is 64.4. The monoisotopic (exact) mass is 1560 g/mol. The lowest BCUT2D eigenvalue weighted by molar-refractivity contribution is -0.158. The molecule has 25 nitrogen and oxygen atoms in total. The van der Waals surface area contributed by atoms with Crippen LogP contribution in [-0.4, -0.2) is 263 Å². The van der Waals surface area contributed by atoms with Crippen molar-refractivity contribution in [2.75, 3.05) is 88.2 Å². The average Bonchev–Trinajstić information content (AvgIpc) is 1.17. The number of unbranched alkanes of at least 4 members (excludes halogenated alkanes) is 1. The van der Waals surface area contributed by atoms with Crippen LogP contribution in [0.3, 0.4) is 0 Å². The van der Waals surface area contributed by atoms with E-state index in [0.29, 0.717) is 89.4 Å². The molecule has 4 aliphatic heterocycles. The number of halogens is 8. The Morgan fingerprint density at radius 1 is 0.636 bits per heavy atom. The molecule has 33 heteroatoms. The number of nitrogens with one attached hydrogen (secondary N) is 3. The number of carbonyl (C=O) groups is 12. The number of likely N-dealkylation sites (N-methyl/N-ethyl adjacent to an activating group) is 6. The molecule has 2 aromatic carbocycles. The van der Waals surface area contributed by atoms with Gasteiger partial charge in [0.05, 0.1) is 31.2 Å². The molecule has 2 aromatic rings. The second-order valence-corrected chi connectivity index (χ2v) is 30.3. The lowest BCUT2D eigenvalue weighted by atomic mass is 9.74. The van der Waals surface area contributed by atoms with Crippen LogP contribution in [-0.2, 0) is 87.5 Å². The molecular formula is C77H106F8N12O13. The van der Waals surface area contributed by atoms with Gasteiger partial charge in [-0.3, -0.25) is 57.5 Å². The van der Waals surface area contributed by atoms with Gasteiger partial charge in [-0.1, -0.05) is 77.2 Å². The van der Waals surface area contributed by atoms with Crippen LogP contribution in [0.4, 0.5) is 35.1 Å². The van der Waals surface area contributed by atoms with Gasteiger partial charge in [-0.25, -0.2) is 8.78 Å². The van der Waals surface area contributed by atoms with Crippen LogP contribution in [0.1, 0.15) is 166 Å². The van der Waals surface area contributed by atoms with E-state index in [1.807, 2.05) is 6.92 Å². The zero-order chi connectivity index (χ0) is 81.0. The predicted octanol–water partition coefficient (Wildman–Crippen LogP) is 6.42. The summed E-state index contributed by atoms with van der Waals surface area (Å²) in [6.07, 6.45) is -4.96. The van der Waals surface area contributed by atoms with Crippen molar-refractivity contribution in [3.05, 3.63) is 82.4 Å². The molecule has 110 heavy (non-hydrogen) atoms. The summed E-state index contributed by atoms with van der Waals surface area (Å²) < 4.78 is 120. The summed E-state index contributed by atoms with van der Waals surface area (Å²) in [6, 6.07) is -7.15. The highest BCUT2D eigenvalue weighted by Crippen LogP contribution is 2.40. The number of rotatable bonds is 14. The van der Waals surface area contributed by atoms with E-state index in [4.69, 9.17) is 4.74 Å². The average molecular weight is 1560 g/mol. The SMILES string of the molecule is CCCC[C@H]1C(=O)N[C@@H]([C@@H](C)CC)C(=O)N(C)CC(=O)N(C)[C@H]2C/C=C\CCN(C2=O)[C@@H](Cc2ccc(C(F)(F)F)cc2)C(=O)N(C)CC(=O)N[C@@H](CCc2cc(F)c(C(F)(F)F)c(F)c2)C(=O)N2C[C@H](OCC)C[C@H]2C(=O)NC2(CCC2)C(=O)N(C)[C@@H](C2CCCC2)C(=O)N(C)[C@H](C(=O)N2CCCC2)CC(=O)N1C. The van der Waals surface area contributed by atoms with Crippen molar-refractivity contribution >= 4 is 70.9 Å². The van der Waals surface area contributed by atoms with Crippen LogP contribution < -0.4 is 16.0 Å². The standard InChI is InChI=1S/C77H106F8N12O13/c1-11-14-25-55-66(101)87-64(46(4)12-2)72(107)90(6)45-62(100)92(8)56-26-16-15-19-37-96(71(56)106)59(40-47-27-30-50(31-28-47)76(80,81)82)69(104)89(5)44-60(98)86-54(32-29-48-38-52(78)63(53(79)39-48)77(83,84)85)68(103)97-43-51(110-13-3)41-57(97)67(102)88-75(33-22-34-75)74(109)94(10)65(49-23-17-18-24-49)73(108)93(9)58(42-61(99)91(55)7)70(105)95-35-20-21-36-95/h15-16,27-28,30-31,38-39,46,49,51,54-59,64-65H,11-14,17-26,29,32-37,40-45H2,1-10H3,(H,86,98)(H,87,101)(H,88,102)/b16-15-/t46-,51+,54-,55-,56-,57-,58-,59-,64-,65-/m0/s1. The minimum atomic E-state index is -5.46. The maximum Gasteiger partial charge on any atom is 0.422 e. The summed E-state index contributed by atoms with van der Waals surface area (Å²) in [4.78, 5) is 192. The van der Waals surface area contributed by atoms with Gasteiger partial charge >= 0.3 is 12.4 Å². The van der Waals surface area contributed by atoms with Gasteiger partial charge in [0.15, 0.2) is 0 Å². The fraction of sp³-hybridized carbons (Fsp3) is 0.662. The molecule has 12 amide bonds. The first-order valence-corrected chi connectivity index (χ1v) is 38.2. The van der Waals surface area contributed by atoms with Gasteiger partial charge in [-0.05, 0) is 131 Å². The Hall–Kier alpha value is -8.78. The number of hydrogen-bond acceptors (Lipinski definition) is 13. The van der Waals surface area contributed by atoms with Gasteiger partial charge in [0.25, 0.3) is 0 Å². The quantitative estimate of drug-likeness (QED) is 0.136. The molecule has 4 heterocycles. The molecule has 2 aliphatic carbocycles. The third kappa shape index (κ3) is 20.5. The molecule has 0 radical (unpaired) electrons. The van der Waals surface area contributed by atoms with Crippen LogP contribution in [0.2, 0.25) is 0 Å². The van der Waals surface area contributed by atoms with Crippen LogP contribution >= 0.6 is 0 Å². The molecule has 0 aromatic heterocycles. The number of amides is 12. The van der Waals surface area contributed by atoms with Gasteiger partial charge in [0, 0.05) is 87.9 Å². The first-order chi connectivity index (χ1) is 51.9. The van der Waals surface area contributed by atoms with Gasteiger partial charge < -0.3 is 64.8 Å². The highest BCUT2D eigenvalue weighted by molar-refractivity contribution is 6.01. The molecular weight excluding hydrogens is 1450 g/mol. The number of likely N-dealkylation sites (tertiary alicyclic amines) is 1. The second-order valence-electron chi connectivity index (χ2n) is 30.3. The Kier molecular flexibility index (Phi) is 29.6. The van der Waals surface area contributed by atoms with Crippen LogP contribution in [0, 0.1) is 23.5 Å². The first kappa shape index (κ1) is 86.8.